The first kappa shape index (κ1) is 13.4. The van der Waals surface area contributed by atoms with Gasteiger partial charge in [0.15, 0.2) is 0 Å². The first-order valence-corrected chi connectivity index (χ1v) is 5.85. The third-order valence-electron chi connectivity index (χ3n) is 2.66. The predicted molar refractivity (Wildman–Crippen MR) is 70.5 cm³/mol. The molecule has 0 aliphatic heterocycles. The van der Waals surface area contributed by atoms with Crippen LogP contribution < -0.4 is 10.6 Å². The van der Waals surface area contributed by atoms with Gasteiger partial charge in [-0.05, 0) is 26.8 Å². The van der Waals surface area contributed by atoms with Gasteiger partial charge in [-0.2, -0.15) is 0 Å². The standard InChI is InChI=1S/C12H21N5/c1-5-17(7-8(2)11(13)14)12-15-9(3)6-10(4)16-12/h6,8H,5,7H2,1-4H3,(H3,13,14). The highest BCUT2D eigenvalue weighted by Crippen LogP contribution is 2.11. The van der Waals surface area contributed by atoms with E-state index in [4.69, 9.17) is 11.1 Å². The molecule has 5 heteroatoms. The molecule has 0 fully saturated rings. The molecule has 94 valence electrons. The Morgan fingerprint density at radius 3 is 2.35 bits per heavy atom. The van der Waals surface area contributed by atoms with E-state index < -0.39 is 0 Å². The van der Waals surface area contributed by atoms with Crippen molar-refractivity contribution in [3.05, 3.63) is 17.5 Å². The monoisotopic (exact) mass is 235 g/mol. The van der Waals surface area contributed by atoms with Gasteiger partial charge in [0.2, 0.25) is 5.95 Å². The molecule has 0 radical (unpaired) electrons. The highest BCUT2D eigenvalue weighted by atomic mass is 15.2. The topological polar surface area (TPSA) is 78.9 Å². The molecule has 3 N–H and O–H groups in total. The van der Waals surface area contributed by atoms with Crippen LogP contribution in [-0.4, -0.2) is 28.9 Å². The quantitative estimate of drug-likeness (QED) is 0.598. The van der Waals surface area contributed by atoms with E-state index >= 15 is 0 Å². The van der Waals surface area contributed by atoms with Gasteiger partial charge in [0, 0.05) is 30.4 Å². The molecule has 0 aliphatic carbocycles. The van der Waals surface area contributed by atoms with Crippen LogP contribution in [0, 0.1) is 25.2 Å². The Bertz CT molecular complexity index is 382. The minimum atomic E-state index is 0.0133. The maximum absolute atomic E-state index is 7.43. The molecule has 5 nitrogen and oxygen atoms in total. The number of aromatic nitrogens is 2. The summed E-state index contributed by atoms with van der Waals surface area (Å²) in [7, 11) is 0. The molecule has 0 amide bonds. The van der Waals surface area contributed by atoms with Gasteiger partial charge in [0.1, 0.15) is 0 Å². The summed E-state index contributed by atoms with van der Waals surface area (Å²) in [6.45, 7) is 9.39. The number of rotatable bonds is 5. The third kappa shape index (κ3) is 3.69. The van der Waals surface area contributed by atoms with Gasteiger partial charge >= 0.3 is 0 Å². The van der Waals surface area contributed by atoms with Crippen molar-refractivity contribution in [2.45, 2.75) is 27.7 Å². The van der Waals surface area contributed by atoms with Crippen molar-refractivity contribution >= 4 is 11.8 Å². The molecule has 1 aromatic heterocycles. The van der Waals surface area contributed by atoms with Gasteiger partial charge in [0.05, 0.1) is 5.84 Å². The minimum absolute atomic E-state index is 0.0133. The number of nitrogens with one attached hydrogen (secondary N) is 1. The lowest BCUT2D eigenvalue weighted by Crippen LogP contribution is -2.35. The molecular weight excluding hydrogens is 214 g/mol. The highest BCUT2D eigenvalue weighted by Gasteiger charge is 2.14. The van der Waals surface area contributed by atoms with Crippen LogP contribution in [0.25, 0.3) is 0 Å². The summed E-state index contributed by atoms with van der Waals surface area (Å²) in [6.07, 6.45) is 0. The molecule has 0 spiro atoms. The molecule has 17 heavy (non-hydrogen) atoms. The number of aryl methyl sites for hydroxylation is 2. The zero-order chi connectivity index (χ0) is 13.0. The van der Waals surface area contributed by atoms with Crippen LogP contribution in [-0.2, 0) is 0 Å². The lowest BCUT2D eigenvalue weighted by Gasteiger charge is -2.24. The molecule has 1 heterocycles. The molecule has 0 aromatic carbocycles. The molecule has 1 rings (SSSR count). The normalized spacial score (nSPS) is 12.2. The van der Waals surface area contributed by atoms with Gasteiger partial charge in [-0.25, -0.2) is 9.97 Å². The van der Waals surface area contributed by atoms with E-state index in [1.165, 1.54) is 0 Å². The summed E-state index contributed by atoms with van der Waals surface area (Å²) in [5, 5.41) is 7.43. The van der Waals surface area contributed by atoms with E-state index in [0.717, 1.165) is 23.9 Å². The first-order valence-electron chi connectivity index (χ1n) is 5.85. The van der Waals surface area contributed by atoms with Crippen molar-refractivity contribution in [1.82, 2.24) is 9.97 Å². The van der Waals surface area contributed by atoms with Crippen LogP contribution in [0.1, 0.15) is 25.2 Å². The van der Waals surface area contributed by atoms with E-state index in [2.05, 4.69) is 9.97 Å². The molecule has 0 bridgehead atoms. The molecule has 1 atom stereocenters. The maximum Gasteiger partial charge on any atom is 0.225 e. The molecule has 1 aromatic rings. The highest BCUT2D eigenvalue weighted by molar-refractivity contribution is 5.79. The Hall–Kier alpha value is -1.65. The van der Waals surface area contributed by atoms with Crippen molar-refractivity contribution in [3.8, 4) is 0 Å². The van der Waals surface area contributed by atoms with Crippen LogP contribution in [0.15, 0.2) is 6.07 Å². The fourth-order valence-corrected chi connectivity index (χ4v) is 1.63. The van der Waals surface area contributed by atoms with Crippen LogP contribution in [0.2, 0.25) is 0 Å². The van der Waals surface area contributed by atoms with E-state index in [9.17, 15) is 0 Å². The largest absolute Gasteiger partial charge is 0.387 e. The Morgan fingerprint density at radius 2 is 1.94 bits per heavy atom. The fraction of sp³-hybridized carbons (Fsp3) is 0.583. The number of nitrogens with zero attached hydrogens (tertiary/aromatic N) is 3. The Morgan fingerprint density at radius 1 is 1.41 bits per heavy atom. The Kier molecular flexibility index (Phi) is 4.43. The summed E-state index contributed by atoms with van der Waals surface area (Å²) < 4.78 is 0. The molecule has 0 saturated carbocycles. The van der Waals surface area contributed by atoms with Crippen LogP contribution in [0.4, 0.5) is 5.95 Å². The summed E-state index contributed by atoms with van der Waals surface area (Å²) >= 11 is 0. The van der Waals surface area contributed by atoms with E-state index in [0.29, 0.717) is 6.54 Å². The third-order valence-corrected chi connectivity index (χ3v) is 2.66. The average molecular weight is 235 g/mol. The summed E-state index contributed by atoms with van der Waals surface area (Å²) in [4.78, 5) is 10.9. The smallest absolute Gasteiger partial charge is 0.225 e. The summed E-state index contributed by atoms with van der Waals surface area (Å²) in [5.74, 6) is 0.935. The molecule has 1 unspecified atom stereocenters. The van der Waals surface area contributed by atoms with Gasteiger partial charge < -0.3 is 10.6 Å². The SMILES string of the molecule is CCN(CC(C)C(=N)N)c1nc(C)cc(C)n1. The lowest BCUT2D eigenvalue weighted by molar-refractivity contribution is 0.679. The van der Waals surface area contributed by atoms with Crippen molar-refractivity contribution in [3.63, 3.8) is 0 Å². The predicted octanol–water partition coefficient (Wildman–Crippen LogP) is 1.49. The Balaban J connectivity index is 2.89. The van der Waals surface area contributed by atoms with Crippen molar-refractivity contribution in [2.75, 3.05) is 18.0 Å². The fourth-order valence-electron chi connectivity index (χ4n) is 1.63. The van der Waals surface area contributed by atoms with Crippen molar-refractivity contribution < 1.29 is 0 Å². The van der Waals surface area contributed by atoms with Crippen molar-refractivity contribution in [1.29, 1.82) is 5.41 Å². The van der Waals surface area contributed by atoms with E-state index in [1.807, 2.05) is 38.7 Å². The first-order chi connectivity index (χ1) is 7.93. The number of amidine groups is 1. The van der Waals surface area contributed by atoms with Gasteiger partial charge in [-0.1, -0.05) is 6.92 Å². The number of anilines is 1. The van der Waals surface area contributed by atoms with Crippen LogP contribution in [0.5, 0.6) is 0 Å². The zero-order valence-electron chi connectivity index (χ0n) is 11.0. The second-order valence-corrected chi connectivity index (χ2v) is 4.35. The lowest BCUT2D eigenvalue weighted by atomic mass is 10.1. The van der Waals surface area contributed by atoms with Gasteiger partial charge in [-0.15, -0.1) is 0 Å². The number of nitrogens with two attached hydrogens (primary N) is 1. The number of hydrogen-bond acceptors (Lipinski definition) is 4. The summed E-state index contributed by atoms with van der Waals surface area (Å²) in [5.41, 5.74) is 7.41. The maximum atomic E-state index is 7.43. The number of hydrogen-bond donors (Lipinski definition) is 2. The second kappa shape index (κ2) is 5.61. The van der Waals surface area contributed by atoms with Gasteiger partial charge in [0.25, 0.3) is 0 Å². The summed E-state index contributed by atoms with van der Waals surface area (Å²) in [6, 6.07) is 1.95. The molecule has 0 aliphatic rings. The van der Waals surface area contributed by atoms with Crippen LogP contribution >= 0.6 is 0 Å². The van der Waals surface area contributed by atoms with Gasteiger partial charge in [-0.3, -0.25) is 5.41 Å². The minimum Gasteiger partial charge on any atom is -0.387 e. The van der Waals surface area contributed by atoms with Crippen LogP contribution in [0.3, 0.4) is 0 Å². The average Bonchev–Trinajstić information content (AvgIpc) is 2.23. The zero-order valence-corrected chi connectivity index (χ0v) is 11.0. The van der Waals surface area contributed by atoms with Crippen molar-refractivity contribution in [2.24, 2.45) is 11.7 Å². The molecular formula is C12H21N5. The molecule has 0 saturated heterocycles. The van der Waals surface area contributed by atoms with E-state index in [1.54, 1.807) is 0 Å². The second-order valence-electron chi connectivity index (χ2n) is 4.35. The van der Waals surface area contributed by atoms with E-state index in [-0.39, 0.29) is 11.8 Å². The Labute approximate surface area is 103 Å².